The van der Waals surface area contributed by atoms with Crippen molar-refractivity contribution in [3.05, 3.63) is 66.0 Å². The molecule has 0 fully saturated rings. The number of oxazole rings is 1. The SMILES string of the molecule is O=C(O)c1nc(-c2ccc(C(F)(F)F)cc2)oc1-c1c[nH]c2ccccc12. The van der Waals surface area contributed by atoms with Crippen LogP contribution in [-0.4, -0.2) is 21.0 Å². The normalized spacial score (nSPS) is 11.8. The van der Waals surface area contributed by atoms with Gasteiger partial charge >= 0.3 is 12.1 Å². The first-order valence-corrected chi connectivity index (χ1v) is 7.83. The van der Waals surface area contributed by atoms with Crippen molar-refractivity contribution in [2.75, 3.05) is 0 Å². The van der Waals surface area contributed by atoms with Gasteiger partial charge in [0, 0.05) is 28.2 Å². The van der Waals surface area contributed by atoms with Gasteiger partial charge in [-0.25, -0.2) is 9.78 Å². The first-order chi connectivity index (χ1) is 12.8. The Morgan fingerprint density at radius 2 is 1.78 bits per heavy atom. The Morgan fingerprint density at radius 3 is 2.44 bits per heavy atom. The number of halogens is 3. The Bertz CT molecular complexity index is 1140. The third kappa shape index (κ3) is 2.95. The van der Waals surface area contributed by atoms with Crippen LogP contribution in [0.4, 0.5) is 13.2 Å². The Labute approximate surface area is 150 Å². The van der Waals surface area contributed by atoms with Crippen molar-refractivity contribution in [1.82, 2.24) is 9.97 Å². The second-order valence-electron chi connectivity index (χ2n) is 5.82. The first-order valence-electron chi connectivity index (χ1n) is 7.83. The summed E-state index contributed by atoms with van der Waals surface area (Å²) < 4.78 is 43.8. The lowest BCUT2D eigenvalue weighted by atomic mass is 10.1. The molecule has 4 aromatic rings. The number of aromatic carboxylic acids is 1. The zero-order chi connectivity index (χ0) is 19.2. The topological polar surface area (TPSA) is 79.1 Å². The van der Waals surface area contributed by atoms with Gasteiger partial charge in [-0.3, -0.25) is 0 Å². The Kier molecular flexibility index (Phi) is 3.76. The van der Waals surface area contributed by atoms with E-state index < -0.39 is 17.7 Å². The summed E-state index contributed by atoms with van der Waals surface area (Å²) in [5.41, 5.74) is 0.421. The van der Waals surface area contributed by atoms with E-state index in [9.17, 15) is 23.1 Å². The molecule has 2 N–H and O–H groups in total. The summed E-state index contributed by atoms with van der Waals surface area (Å²) in [6.45, 7) is 0. The minimum atomic E-state index is -4.46. The zero-order valence-electron chi connectivity index (χ0n) is 13.5. The summed E-state index contributed by atoms with van der Waals surface area (Å²) in [4.78, 5) is 18.6. The van der Waals surface area contributed by atoms with Crippen molar-refractivity contribution >= 4 is 16.9 Å². The second kappa shape index (κ2) is 6.01. The van der Waals surface area contributed by atoms with Gasteiger partial charge in [0.05, 0.1) is 5.56 Å². The number of H-pyrrole nitrogens is 1. The molecule has 0 unspecified atom stereocenters. The molecule has 0 atom stereocenters. The van der Waals surface area contributed by atoms with E-state index in [-0.39, 0.29) is 22.9 Å². The zero-order valence-corrected chi connectivity index (χ0v) is 13.5. The van der Waals surface area contributed by atoms with Crippen LogP contribution < -0.4 is 0 Å². The number of rotatable bonds is 3. The third-order valence-corrected chi connectivity index (χ3v) is 4.12. The van der Waals surface area contributed by atoms with Gasteiger partial charge in [-0.05, 0) is 30.3 Å². The van der Waals surface area contributed by atoms with E-state index in [1.54, 1.807) is 18.3 Å². The van der Waals surface area contributed by atoms with Crippen LogP contribution in [0, 0.1) is 0 Å². The van der Waals surface area contributed by atoms with Crippen molar-refractivity contribution in [3.63, 3.8) is 0 Å². The number of carboxylic acids is 1. The van der Waals surface area contributed by atoms with Crippen LogP contribution in [-0.2, 0) is 6.18 Å². The maximum atomic E-state index is 12.7. The molecule has 0 aliphatic rings. The fraction of sp³-hybridized carbons (Fsp3) is 0.0526. The van der Waals surface area contributed by atoms with Crippen molar-refractivity contribution in [3.8, 4) is 22.8 Å². The van der Waals surface area contributed by atoms with E-state index in [4.69, 9.17) is 4.42 Å². The minimum Gasteiger partial charge on any atom is -0.476 e. The molecule has 2 aromatic heterocycles. The molecule has 0 spiro atoms. The number of benzene rings is 2. The molecule has 4 rings (SSSR count). The summed E-state index contributed by atoms with van der Waals surface area (Å²) in [5.74, 6) is -1.33. The molecule has 0 radical (unpaired) electrons. The van der Waals surface area contributed by atoms with Gasteiger partial charge in [-0.2, -0.15) is 13.2 Å². The Balaban J connectivity index is 1.83. The van der Waals surface area contributed by atoms with Crippen molar-refractivity contribution in [2.24, 2.45) is 0 Å². The van der Waals surface area contributed by atoms with Crippen molar-refractivity contribution in [1.29, 1.82) is 0 Å². The van der Waals surface area contributed by atoms with Gasteiger partial charge in [0.25, 0.3) is 0 Å². The number of fused-ring (bicyclic) bond motifs is 1. The fourth-order valence-corrected chi connectivity index (χ4v) is 2.83. The molecule has 136 valence electrons. The lowest BCUT2D eigenvalue weighted by Crippen LogP contribution is -2.04. The van der Waals surface area contributed by atoms with Gasteiger partial charge < -0.3 is 14.5 Å². The van der Waals surface area contributed by atoms with Crippen LogP contribution in [0.25, 0.3) is 33.7 Å². The average Bonchev–Trinajstić information content (AvgIpc) is 3.25. The molecule has 8 heteroatoms. The number of aromatic amines is 1. The summed E-state index contributed by atoms with van der Waals surface area (Å²) in [6.07, 6.45) is -2.86. The van der Waals surface area contributed by atoms with Crippen LogP contribution in [0.15, 0.2) is 59.1 Å². The number of nitrogens with zero attached hydrogens (tertiary/aromatic N) is 1. The molecule has 0 aliphatic heterocycles. The van der Waals surface area contributed by atoms with Gasteiger partial charge in [0.1, 0.15) is 0 Å². The number of hydrogen-bond acceptors (Lipinski definition) is 3. The molecule has 0 aliphatic carbocycles. The lowest BCUT2D eigenvalue weighted by Gasteiger charge is -2.06. The van der Waals surface area contributed by atoms with Crippen LogP contribution in [0.3, 0.4) is 0 Å². The van der Waals surface area contributed by atoms with Crippen molar-refractivity contribution in [2.45, 2.75) is 6.18 Å². The molecule has 0 saturated heterocycles. The standard InChI is InChI=1S/C19H11F3N2O3/c20-19(21,22)11-7-5-10(6-8-11)17-24-15(18(25)26)16(27-17)13-9-23-14-4-2-1-3-12(13)14/h1-9,23H,(H,25,26). The highest BCUT2D eigenvalue weighted by Gasteiger charge is 2.30. The predicted octanol–water partition coefficient (Wildman–Crippen LogP) is 5.21. The molecular formula is C19H11F3N2O3. The summed E-state index contributed by atoms with van der Waals surface area (Å²) in [6, 6.07) is 11.4. The van der Waals surface area contributed by atoms with E-state index in [1.165, 1.54) is 12.1 Å². The number of aromatic nitrogens is 2. The average molecular weight is 372 g/mol. The van der Waals surface area contributed by atoms with Gasteiger partial charge in [-0.1, -0.05) is 18.2 Å². The van der Waals surface area contributed by atoms with Crippen LogP contribution in [0.1, 0.15) is 16.1 Å². The summed E-state index contributed by atoms with van der Waals surface area (Å²) in [7, 11) is 0. The molecule has 0 amide bonds. The van der Waals surface area contributed by atoms with Crippen LogP contribution in [0.5, 0.6) is 0 Å². The number of carbonyl (C=O) groups is 1. The highest BCUT2D eigenvalue weighted by atomic mass is 19.4. The number of alkyl halides is 3. The van der Waals surface area contributed by atoms with E-state index >= 15 is 0 Å². The largest absolute Gasteiger partial charge is 0.476 e. The molecule has 5 nitrogen and oxygen atoms in total. The van der Waals surface area contributed by atoms with E-state index in [2.05, 4.69) is 9.97 Å². The smallest absolute Gasteiger partial charge is 0.416 e. The summed E-state index contributed by atoms with van der Waals surface area (Å²) >= 11 is 0. The van der Waals surface area contributed by atoms with E-state index in [0.29, 0.717) is 5.56 Å². The highest BCUT2D eigenvalue weighted by molar-refractivity contribution is 6.00. The number of nitrogens with one attached hydrogen (secondary N) is 1. The lowest BCUT2D eigenvalue weighted by molar-refractivity contribution is -0.137. The molecule has 0 bridgehead atoms. The second-order valence-corrected chi connectivity index (χ2v) is 5.82. The van der Waals surface area contributed by atoms with E-state index in [1.807, 2.05) is 12.1 Å². The molecule has 2 heterocycles. The third-order valence-electron chi connectivity index (χ3n) is 4.12. The number of para-hydroxylation sites is 1. The molecule has 27 heavy (non-hydrogen) atoms. The van der Waals surface area contributed by atoms with E-state index in [0.717, 1.165) is 23.0 Å². The quantitative estimate of drug-likeness (QED) is 0.518. The minimum absolute atomic E-state index is 0.0369. The molecular weight excluding hydrogens is 361 g/mol. The maximum Gasteiger partial charge on any atom is 0.416 e. The van der Waals surface area contributed by atoms with Gasteiger partial charge in [0.2, 0.25) is 5.89 Å². The Morgan fingerprint density at radius 1 is 1.07 bits per heavy atom. The summed E-state index contributed by atoms with van der Waals surface area (Å²) in [5, 5.41) is 10.2. The fourth-order valence-electron chi connectivity index (χ4n) is 2.83. The maximum absolute atomic E-state index is 12.7. The van der Waals surface area contributed by atoms with Crippen LogP contribution >= 0.6 is 0 Å². The van der Waals surface area contributed by atoms with Crippen molar-refractivity contribution < 1.29 is 27.5 Å². The molecule has 2 aromatic carbocycles. The number of carboxylic acid groups (broad SMARTS) is 1. The molecule has 0 saturated carbocycles. The number of hydrogen-bond donors (Lipinski definition) is 2. The Hall–Kier alpha value is -3.55. The predicted molar refractivity (Wildman–Crippen MR) is 91.2 cm³/mol. The first kappa shape index (κ1) is 16.9. The van der Waals surface area contributed by atoms with Gasteiger partial charge in [0.15, 0.2) is 11.5 Å². The highest BCUT2D eigenvalue weighted by Crippen LogP contribution is 2.35. The van der Waals surface area contributed by atoms with Crippen LogP contribution in [0.2, 0.25) is 0 Å². The monoisotopic (exact) mass is 372 g/mol. The van der Waals surface area contributed by atoms with Gasteiger partial charge in [-0.15, -0.1) is 0 Å².